The first-order chi connectivity index (χ1) is 12.5. The molecule has 26 heavy (non-hydrogen) atoms. The third-order valence-corrected chi connectivity index (χ3v) is 3.80. The number of aromatic nitrogens is 1. The SMILES string of the molecule is CN(C)C(=O)c1ccc2c(c1)N(CC(=O)Nc1cccnc1)C(=O)CO2. The number of amides is 3. The van der Waals surface area contributed by atoms with Crippen molar-refractivity contribution in [2.24, 2.45) is 0 Å². The van der Waals surface area contributed by atoms with Crippen molar-refractivity contribution in [1.29, 1.82) is 0 Å². The van der Waals surface area contributed by atoms with Crippen LogP contribution in [0.25, 0.3) is 0 Å². The number of nitrogens with zero attached hydrogens (tertiary/aromatic N) is 3. The third-order valence-electron chi connectivity index (χ3n) is 3.80. The van der Waals surface area contributed by atoms with Gasteiger partial charge in [-0.2, -0.15) is 0 Å². The summed E-state index contributed by atoms with van der Waals surface area (Å²) >= 11 is 0. The van der Waals surface area contributed by atoms with Crippen molar-refractivity contribution in [3.8, 4) is 5.75 Å². The van der Waals surface area contributed by atoms with E-state index in [9.17, 15) is 14.4 Å². The minimum absolute atomic E-state index is 0.159. The van der Waals surface area contributed by atoms with E-state index in [1.165, 1.54) is 16.0 Å². The van der Waals surface area contributed by atoms with Gasteiger partial charge in [0.15, 0.2) is 6.61 Å². The molecular formula is C18H18N4O4. The second-order valence-corrected chi connectivity index (χ2v) is 5.94. The summed E-state index contributed by atoms with van der Waals surface area (Å²) in [5, 5.41) is 2.68. The van der Waals surface area contributed by atoms with Gasteiger partial charge < -0.3 is 15.0 Å². The van der Waals surface area contributed by atoms with Crippen LogP contribution in [0.2, 0.25) is 0 Å². The van der Waals surface area contributed by atoms with Crippen molar-refractivity contribution in [1.82, 2.24) is 9.88 Å². The number of nitrogens with one attached hydrogen (secondary N) is 1. The van der Waals surface area contributed by atoms with Crippen molar-refractivity contribution in [2.75, 3.05) is 37.5 Å². The lowest BCUT2D eigenvalue weighted by Gasteiger charge is -2.29. The maximum atomic E-state index is 12.3. The van der Waals surface area contributed by atoms with E-state index in [2.05, 4.69) is 10.3 Å². The van der Waals surface area contributed by atoms with Gasteiger partial charge in [-0.1, -0.05) is 0 Å². The molecule has 3 amide bonds. The van der Waals surface area contributed by atoms with Crippen LogP contribution in [0.1, 0.15) is 10.4 Å². The number of hydrogen-bond acceptors (Lipinski definition) is 5. The molecule has 1 N–H and O–H groups in total. The number of pyridine rings is 1. The van der Waals surface area contributed by atoms with Gasteiger partial charge in [0, 0.05) is 25.9 Å². The van der Waals surface area contributed by atoms with Crippen LogP contribution in [0.3, 0.4) is 0 Å². The van der Waals surface area contributed by atoms with Crippen LogP contribution >= 0.6 is 0 Å². The monoisotopic (exact) mass is 354 g/mol. The molecule has 0 unspecified atom stereocenters. The summed E-state index contributed by atoms with van der Waals surface area (Å²) in [6.45, 7) is -0.349. The van der Waals surface area contributed by atoms with Gasteiger partial charge in [0.2, 0.25) is 5.91 Å². The fourth-order valence-electron chi connectivity index (χ4n) is 2.55. The third kappa shape index (κ3) is 3.64. The van der Waals surface area contributed by atoms with E-state index in [0.29, 0.717) is 22.7 Å². The molecule has 1 aliphatic heterocycles. The smallest absolute Gasteiger partial charge is 0.265 e. The van der Waals surface area contributed by atoms with Crippen LogP contribution in [0, 0.1) is 0 Å². The van der Waals surface area contributed by atoms with Crippen LogP contribution in [-0.2, 0) is 9.59 Å². The molecule has 1 aromatic carbocycles. The summed E-state index contributed by atoms with van der Waals surface area (Å²) in [4.78, 5) is 43.4. The summed E-state index contributed by atoms with van der Waals surface area (Å²) in [7, 11) is 3.28. The maximum Gasteiger partial charge on any atom is 0.265 e. The molecule has 1 aliphatic rings. The van der Waals surface area contributed by atoms with Crippen molar-refractivity contribution in [2.45, 2.75) is 0 Å². The molecule has 0 fully saturated rings. The molecule has 0 saturated carbocycles. The summed E-state index contributed by atoms with van der Waals surface area (Å²) in [5.74, 6) is -0.475. The zero-order valence-corrected chi connectivity index (χ0v) is 14.4. The molecule has 3 rings (SSSR count). The normalized spacial score (nSPS) is 12.8. The van der Waals surface area contributed by atoms with Gasteiger partial charge in [0.25, 0.3) is 11.8 Å². The van der Waals surface area contributed by atoms with Crippen LogP contribution in [0.5, 0.6) is 5.75 Å². The molecule has 0 saturated heterocycles. The molecule has 8 nitrogen and oxygen atoms in total. The van der Waals surface area contributed by atoms with Crippen LogP contribution in [0.4, 0.5) is 11.4 Å². The molecule has 0 spiro atoms. The Kier molecular flexibility index (Phi) is 4.83. The molecule has 0 atom stereocenters. The van der Waals surface area contributed by atoms with Gasteiger partial charge in [0.05, 0.1) is 17.6 Å². The Morgan fingerprint density at radius 1 is 1.31 bits per heavy atom. The van der Waals surface area contributed by atoms with E-state index in [0.717, 1.165) is 0 Å². The van der Waals surface area contributed by atoms with Crippen LogP contribution < -0.4 is 15.0 Å². The van der Waals surface area contributed by atoms with Gasteiger partial charge in [-0.3, -0.25) is 24.3 Å². The summed E-state index contributed by atoms with van der Waals surface area (Å²) in [5.41, 5.74) is 1.34. The zero-order valence-electron chi connectivity index (χ0n) is 14.4. The number of hydrogen-bond donors (Lipinski definition) is 1. The molecule has 134 valence electrons. The van der Waals surface area contributed by atoms with Gasteiger partial charge >= 0.3 is 0 Å². The lowest BCUT2D eigenvalue weighted by atomic mass is 10.1. The van der Waals surface area contributed by atoms with E-state index in [1.54, 1.807) is 50.6 Å². The summed E-state index contributed by atoms with van der Waals surface area (Å²) in [6, 6.07) is 8.22. The molecule has 1 aromatic heterocycles. The van der Waals surface area contributed by atoms with Gasteiger partial charge in [-0.25, -0.2) is 0 Å². The average Bonchev–Trinajstić information content (AvgIpc) is 2.64. The number of carbonyl (C=O) groups excluding carboxylic acids is 3. The minimum Gasteiger partial charge on any atom is -0.482 e. The Labute approximate surface area is 150 Å². The zero-order chi connectivity index (χ0) is 18.7. The standard InChI is InChI=1S/C18H18N4O4/c1-21(2)18(25)12-5-6-15-14(8-12)22(17(24)11-26-15)10-16(23)20-13-4-3-7-19-9-13/h3-9H,10-11H2,1-2H3,(H,20,23). The van der Waals surface area contributed by atoms with E-state index in [4.69, 9.17) is 4.74 Å². The maximum absolute atomic E-state index is 12.3. The number of ether oxygens (including phenoxy) is 1. The average molecular weight is 354 g/mol. The first kappa shape index (κ1) is 17.4. The fourth-order valence-corrected chi connectivity index (χ4v) is 2.55. The molecule has 0 aliphatic carbocycles. The fraction of sp³-hybridized carbons (Fsp3) is 0.222. The lowest BCUT2D eigenvalue weighted by molar-refractivity contribution is -0.123. The quantitative estimate of drug-likeness (QED) is 0.889. The Hall–Kier alpha value is -3.42. The van der Waals surface area contributed by atoms with E-state index in [-0.39, 0.29) is 30.9 Å². The number of fused-ring (bicyclic) bond motifs is 1. The Bertz CT molecular complexity index is 852. The number of rotatable bonds is 4. The van der Waals surface area contributed by atoms with Crippen molar-refractivity contribution in [3.05, 3.63) is 48.3 Å². The minimum atomic E-state index is -0.372. The molecule has 2 heterocycles. The highest BCUT2D eigenvalue weighted by atomic mass is 16.5. The van der Waals surface area contributed by atoms with Gasteiger partial charge in [0.1, 0.15) is 12.3 Å². The van der Waals surface area contributed by atoms with Gasteiger partial charge in [-0.15, -0.1) is 0 Å². The van der Waals surface area contributed by atoms with Crippen molar-refractivity contribution < 1.29 is 19.1 Å². The van der Waals surface area contributed by atoms with E-state index < -0.39 is 0 Å². The van der Waals surface area contributed by atoms with E-state index >= 15 is 0 Å². The Morgan fingerprint density at radius 3 is 2.81 bits per heavy atom. The number of anilines is 2. The highest BCUT2D eigenvalue weighted by Crippen LogP contribution is 2.33. The molecule has 8 heteroatoms. The van der Waals surface area contributed by atoms with Crippen LogP contribution in [-0.4, -0.2) is 54.9 Å². The predicted molar refractivity (Wildman–Crippen MR) is 95.2 cm³/mol. The predicted octanol–water partition coefficient (Wildman–Crippen LogP) is 1.15. The number of benzene rings is 1. The molecule has 0 radical (unpaired) electrons. The second-order valence-electron chi connectivity index (χ2n) is 5.94. The second kappa shape index (κ2) is 7.22. The molecular weight excluding hydrogens is 336 g/mol. The topological polar surface area (TPSA) is 91.8 Å². The Morgan fingerprint density at radius 2 is 2.12 bits per heavy atom. The first-order valence-electron chi connectivity index (χ1n) is 7.94. The largest absolute Gasteiger partial charge is 0.482 e. The summed E-state index contributed by atoms with van der Waals surface area (Å²) < 4.78 is 5.40. The lowest BCUT2D eigenvalue weighted by Crippen LogP contribution is -2.43. The van der Waals surface area contributed by atoms with Crippen molar-refractivity contribution in [3.63, 3.8) is 0 Å². The highest BCUT2D eigenvalue weighted by molar-refractivity contribution is 6.06. The van der Waals surface area contributed by atoms with Crippen molar-refractivity contribution >= 4 is 29.1 Å². The number of carbonyl (C=O) groups is 3. The first-order valence-corrected chi connectivity index (χ1v) is 7.94. The van der Waals surface area contributed by atoms with E-state index in [1.807, 2.05) is 0 Å². The van der Waals surface area contributed by atoms with Crippen LogP contribution in [0.15, 0.2) is 42.7 Å². The van der Waals surface area contributed by atoms with Gasteiger partial charge in [-0.05, 0) is 30.3 Å². The summed E-state index contributed by atoms with van der Waals surface area (Å²) in [6.07, 6.45) is 3.11. The Balaban J connectivity index is 1.84. The molecule has 0 bridgehead atoms. The molecule has 2 aromatic rings. The highest BCUT2D eigenvalue weighted by Gasteiger charge is 2.28.